The van der Waals surface area contributed by atoms with Gasteiger partial charge in [-0.3, -0.25) is 10.2 Å². The van der Waals surface area contributed by atoms with Gasteiger partial charge in [-0.2, -0.15) is 5.10 Å². The number of benzene rings is 1. The summed E-state index contributed by atoms with van der Waals surface area (Å²) in [7, 11) is 2.42. The van der Waals surface area contributed by atoms with Crippen LogP contribution in [-0.2, 0) is 19.1 Å². The fourth-order valence-electron chi connectivity index (χ4n) is 1.21. The molecule has 0 spiro atoms. The lowest BCUT2D eigenvalue weighted by Crippen LogP contribution is -2.29. The summed E-state index contributed by atoms with van der Waals surface area (Å²) in [5.41, 5.74) is 1.87. The van der Waals surface area contributed by atoms with Gasteiger partial charge in [0, 0.05) is 10.7 Å². The summed E-state index contributed by atoms with van der Waals surface area (Å²) in [6, 6.07) is 4.37. The van der Waals surface area contributed by atoms with Gasteiger partial charge < -0.3 is 9.47 Å². The Morgan fingerprint density at radius 1 is 1.40 bits per heavy atom. The smallest absolute Gasteiger partial charge is 0.362 e. The number of Topliss-reactive ketones (excluding diaryl/α,β-unsaturated/α-hetero) is 1. The first-order valence-electron chi connectivity index (χ1n) is 5.38. The second kappa shape index (κ2) is 7.90. The molecule has 0 unspecified atom stereocenters. The lowest BCUT2D eigenvalue weighted by atomic mass is 10.2. The molecule has 0 aliphatic heterocycles. The Morgan fingerprint density at radius 2 is 2.10 bits per heavy atom. The minimum Gasteiger partial charge on any atom is -0.464 e. The van der Waals surface area contributed by atoms with E-state index in [1.165, 1.54) is 19.2 Å². The number of esters is 1. The number of ether oxygens (including phenoxy) is 2. The Hall–Kier alpha value is -1.55. The molecule has 0 bridgehead atoms. The van der Waals surface area contributed by atoms with Crippen molar-refractivity contribution in [2.75, 3.05) is 26.3 Å². The Morgan fingerprint density at radius 3 is 2.65 bits per heavy atom. The minimum absolute atomic E-state index is 0.0389. The summed E-state index contributed by atoms with van der Waals surface area (Å²) >= 11 is 1.95. The highest BCUT2D eigenvalue weighted by atomic mass is 127. The molecule has 0 amide bonds. The summed E-state index contributed by atoms with van der Waals surface area (Å²) in [4.78, 5) is 23.0. The number of nitrogens with zero attached hydrogens (tertiary/aromatic N) is 1. The van der Waals surface area contributed by atoms with E-state index in [4.69, 9.17) is 0 Å². The lowest BCUT2D eigenvalue weighted by molar-refractivity contribution is -0.133. The van der Waals surface area contributed by atoms with Gasteiger partial charge in [-0.15, -0.1) is 0 Å². The molecule has 6 nitrogen and oxygen atoms in total. The second-order valence-corrected chi connectivity index (χ2v) is 4.79. The van der Waals surface area contributed by atoms with Crippen LogP contribution in [0.1, 0.15) is 0 Å². The molecule has 20 heavy (non-hydrogen) atoms. The van der Waals surface area contributed by atoms with Crippen molar-refractivity contribution in [3.05, 3.63) is 27.6 Å². The number of methoxy groups -OCH3 is 2. The van der Waals surface area contributed by atoms with Gasteiger partial charge >= 0.3 is 5.97 Å². The fraction of sp³-hybridized carbons (Fsp3) is 0.250. The van der Waals surface area contributed by atoms with Crippen LogP contribution < -0.4 is 5.43 Å². The number of ketones is 1. The van der Waals surface area contributed by atoms with Gasteiger partial charge in [0.25, 0.3) is 0 Å². The predicted octanol–water partition coefficient (Wildman–Crippen LogP) is 1.59. The first-order valence-corrected chi connectivity index (χ1v) is 6.46. The molecule has 0 radical (unpaired) electrons. The van der Waals surface area contributed by atoms with Gasteiger partial charge in [-0.25, -0.2) is 9.18 Å². The molecule has 8 heteroatoms. The molecule has 1 aromatic rings. The molecule has 0 saturated carbocycles. The number of halogens is 2. The van der Waals surface area contributed by atoms with E-state index in [-0.39, 0.29) is 12.3 Å². The van der Waals surface area contributed by atoms with Crippen molar-refractivity contribution in [2.24, 2.45) is 5.10 Å². The number of hydrogen-bond donors (Lipinski definition) is 1. The van der Waals surface area contributed by atoms with Crippen molar-refractivity contribution in [2.45, 2.75) is 0 Å². The number of hydrazone groups is 1. The molecule has 0 aliphatic rings. The van der Waals surface area contributed by atoms with Crippen LogP contribution in [0.25, 0.3) is 0 Å². The van der Waals surface area contributed by atoms with E-state index in [1.807, 2.05) is 22.6 Å². The molecule has 1 rings (SSSR count). The van der Waals surface area contributed by atoms with Crippen LogP contribution in [0.2, 0.25) is 0 Å². The molecular formula is C12H12FIN2O4. The van der Waals surface area contributed by atoms with Crippen molar-refractivity contribution < 1.29 is 23.5 Å². The third-order valence-electron chi connectivity index (χ3n) is 2.14. The van der Waals surface area contributed by atoms with Crippen LogP contribution in [0.15, 0.2) is 23.3 Å². The standard InChI is InChI=1S/C12H12FIN2O4/c1-19-6-10(17)11(12(18)20-2)16-15-9-4-3-7(14)5-8(9)13/h3-5,15H,6H2,1-2H3/b16-11+. The van der Waals surface area contributed by atoms with Crippen LogP contribution in [0.5, 0.6) is 0 Å². The third kappa shape index (κ3) is 4.53. The zero-order valence-corrected chi connectivity index (χ0v) is 12.9. The molecule has 0 heterocycles. The topological polar surface area (TPSA) is 77.0 Å². The van der Waals surface area contributed by atoms with Gasteiger partial charge in [0.1, 0.15) is 12.4 Å². The Labute approximate surface area is 128 Å². The summed E-state index contributed by atoms with van der Waals surface area (Å²) in [6.07, 6.45) is 0. The largest absolute Gasteiger partial charge is 0.464 e. The molecule has 0 aliphatic carbocycles. The normalized spacial score (nSPS) is 11.1. The highest BCUT2D eigenvalue weighted by Crippen LogP contribution is 2.16. The van der Waals surface area contributed by atoms with Gasteiger partial charge in [0.15, 0.2) is 0 Å². The van der Waals surface area contributed by atoms with Crippen LogP contribution in [0.3, 0.4) is 0 Å². The van der Waals surface area contributed by atoms with E-state index in [2.05, 4.69) is 20.0 Å². The number of carbonyl (C=O) groups is 2. The van der Waals surface area contributed by atoms with Crippen molar-refractivity contribution in [1.29, 1.82) is 0 Å². The monoisotopic (exact) mass is 394 g/mol. The Balaban J connectivity index is 2.96. The van der Waals surface area contributed by atoms with E-state index < -0.39 is 23.3 Å². The van der Waals surface area contributed by atoms with Crippen molar-refractivity contribution in [3.63, 3.8) is 0 Å². The quantitative estimate of drug-likeness (QED) is 0.261. The summed E-state index contributed by atoms with van der Waals surface area (Å²) in [5.74, 6) is -2.15. The maximum absolute atomic E-state index is 13.6. The Bertz CT molecular complexity index is 548. The zero-order chi connectivity index (χ0) is 15.1. The van der Waals surface area contributed by atoms with Crippen molar-refractivity contribution in [1.82, 2.24) is 0 Å². The van der Waals surface area contributed by atoms with Crippen molar-refractivity contribution >= 4 is 45.7 Å². The van der Waals surface area contributed by atoms with Crippen LogP contribution in [-0.4, -0.2) is 38.3 Å². The number of rotatable bonds is 6. The predicted molar refractivity (Wildman–Crippen MR) is 79.1 cm³/mol. The van der Waals surface area contributed by atoms with E-state index in [1.54, 1.807) is 6.07 Å². The summed E-state index contributed by atoms with van der Waals surface area (Å²) in [6.45, 7) is -0.329. The number of nitrogens with one attached hydrogen (secondary N) is 1. The highest BCUT2D eigenvalue weighted by Gasteiger charge is 2.21. The van der Waals surface area contributed by atoms with E-state index in [0.29, 0.717) is 3.57 Å². The molecular weight excluding hydrogens is 382 g/mol. The first kappa shape index (κ1) is 16.5. The number of hydrogen-bond acceptors (Lipinski definition) is 6. The molecule has 1 aromatic carbocycles. The van der Waals surface area contributed by atoms with E-state index >= 15 is 0 Å². The summed E-state index contributed by atoms with van der Waals surface area (Å²) in [5, 5.41) is 3.59. The molecule has 1 N–H and O–H groups in total. The molecule has 0 atom stereocenters. The average Bonchev–Trinajstić information content (AvgIpc) is 2.41. The van der Waals surface area contributed by atoms with Gasteiger partial charge in [0.2, 0.25) is 11.5 Å². The van der Waals surface area contributed by atoms with Gasteiger partial charge in [-0.1, -0.05) is 0 Å². The zero-order valence-electron chi connectivity index (χ0n) is 10.8. The van der Waals surface area contributed by atoms with Gasteiger partial charge in [-0.05, 0) is 40.8 Å². The van der Waals surface area contributed by atoms with E-state index in [9.17, 15) is 14.0 Å². The molecule has 0 saturated heterocycles. The Kier molecular flexibility index (Phi) is 6.52. The average molecular weight is 394 g/mol. The lowest BCUT2D eigenvalue weighted by Gasteiger charge is -2.06. The van der Waals surface area contributed by atoms with Crippen LogP contribution >= 0.6 is 22.6 Å². The molecule has 108 valence electrons. The van der Waals surface area contributed by atoms with Crippen LogP contribution in [0.4, 0.5) is 10.1 Å². The third-order valence-corrected chi connectivity index (χ3v) is 2.81. The molecule has 0 aromatic heterocycles. The fourth-order valence-corrected chi connectivity index (χ4v) is 1.67. The highest BCUT2D eigenvalue weighted by molar-refractivity contribution is 14.1. The number of anilines is 1. The first-order chi connectivity index (χ1) is 9.49. The second-order valence-electron chi connectivity index (χ2n) is 3.54. The number of carbonyl (C=O) groups excluding carboxylic acids is 2. The van der Waals surface area contributed by atoms with Gasteiger partial charge in [0.05, 0.1) is 12.8 Å². The molecule has 0 fully saturated rings. The maximum Gasteiger partial charge on any atom is 0.362 e. The summed E-state index contributed by atoms with van der Waals surface area (Å²) < 4.78 is 23.3. The van der Waals surface area contributed by atoms with E-state index in [0.717, 1.165) is 7.11 Å². The minimum atomic E-state index is -0.925. The van der Waals surface area contributed by atoms with Crippen molar-refractivity contribution in [3.8, 4) is 0 Å². The SMILES string of the molecule is COCC(=O)/C(=N\Nc1ccc(I)cc1F)C(=O)OC. The van der Waals surface area contributed by atoms with Crippen LogP contribution in [0, 0.1) is 9.39 Å². The maximum atomic E-state index is 13.6.